The molecule has 1 aromatic carbocycles. The molecule has 2 atom stereocenters. The van der Waals surface area contributed by atoms with E-state index in [2.05, 4.69) is 30.7 Å². The molecule has 1 saturated heterocycles. The summed E-state index contributed by atoms with van der Waals surface area (Å²) in [5.74, 6) is -0.179. The van der Waals surface area contributed by atoms with Crippen LogP contribution in [0.1, 0.15) is 0 Å². The molecule has 178 valence electrons. The zero-order chi connectivity index (χ0) is 23.5. The second kappa shape index (κ2) is 9.71. The lowest BCUT2D eigenvalue weighted by Crippen LogP contribution is -2.52. The number of piperazine rings is 1. The van der Waals surface area contributed by atoms with Gasteiger partial charge in [0.2, 0.25) is 25.9 Å². The van der Waals surface area contributed by atoms with Crippen molar-refractivity contribution in [1.29, 1.82) is 0 Å². The Labute approximate surface area is 184 Å². The van der Waals surface area contributed by atoms with Crippen LogP contribution in [0.25, 0.3) is 11.4 Å². The highest BCUT2D eigenvalue weighted by Crippen LogP contribution is 2.38. The third-order valence-corrected chi connectivity index (χ3v) is 7.43. The maximum Gasteiger partial charge on any atom is 0.242 e. The number of nitrogens with one attached hydrogen (secondary N) is 3. The summed E-state index contributed by atoms with van der Waals surface area (Å²) >= 11 is 0. The molecular weight excluding hydrogens is 466 g/mol. The van der Waals surface area contributed by atoms with Crippen LogP contribution < -0.4 is 25.8 Å². The van der Waals surface area contributed by atoms with Crippen LogP contribution in [0.3, 0.4) is 0 Å². The zero-order valence-corrected chi connectivity index (χ0v) is 18.5. The highest BCUT2D eigenvalue weighted by Gasteiger charge is 2.34. The van der Waals surface area contributed by atoms with Gasteiger partial charge in [0.15, 0.2) is 0 Å². The highest BCUT2D eigenvalue weighted by atomic mass is 32.2. The van der Waals surface area contributed by atoms with E-state index in [0.717, 1.165) is 6.07 Å². The van der Waals surface area contributed by atoms with Crippen LogP contribution in [-0.4, -0.2) is 99.1 Å². The summed E-state index contributed by atoms with van der Waals surface area (Å²) in [6.07, 6.45) is -1.17. The van der Waals surface area contributed by atoms with Gasteiger partial charge in [0.05, 0.1) is 18.3 Å². The summed E-state index contributed by atoms with van der Waals surface area (Å²) in [6, 6.07) is 2.22. The Morgan fingerprint density at radius 2 is 2.06 bits per heavy atom. The van der Waals surface area contributed by atoms with E-state index in [1.165, 1.54) is 6.07 Å². The largest absolute Gasteiger partial charge is 0.395 e. The molecule has 1 fully saturated rings. The van der Waals surface area contributed by atoms with Gasteiger partial charge in [0.1, 0.15) is 9.79 Å². The quantitative estimate of drug-likeness (QED) is 0.177. The third-order valence-electron chi connectivity index (χ3n) is 4.84. The number of hydrogen-bond acceptors (Lipinski definition) is 12. The van der Waals surface area contributed by atoms with Crippen molar-refractivity contribution in [2.24, 2.45) is 10.9 Å². The van der Waals surface area contributed by atoms with Crippen molar-refractivity contribution in [2.45, 2.75) is 21.9 Å². The van der Waals surface area contributed by atoms with Gasteiger partial charge in [-0.15, -0.1) is 10.2 Å². The first-order chi connectivity index (χ1) is 15.1. The number of rotatable bonds is 9. The Balaban J connectivity index is 2.22. The van der Waals surface area contributed by atoms with Crippen LogP contribution in [0.2, 0.25) is 0 Å². The zero-order valence-electron chi connectivity index (χ0n) is 16.8. The van der Waals surface area contributed by atoms with Gasteiger partial charge in [-0.1, -0.05) is 0 Å². The van der Waals surface area contributed by atoms with E-state index in [9.17, 15) is 27.0 Å². The lowest BCUT2D eigenvalue weighted by molar-refractivity contribution is 0.186. The van der Waals surface area contributed by atoms with Crippen molar-refractivity contribution in [1.82, 2.24) is 30.7 Å². The van der Waals surface area contributed by atoms with E-state index in [4.69, 9.17) is 10.9 Å². The van der Waals surface area contributed by atoms with Gasteiger partial charge in [-0.25, -0.2) is 26.7 Å². The number of aromatic nitrogens is 4. The molecule has 0 radical (unpaired) electrons. The van der Waals surface area contributed by atoms with E-state index >= 15 is 0 Å². The molecule has 2 heterocycles. The predicted octanol–water partition coefficient (Wildman–Crippen LogP) is -4.12. The molecule has 0 spiro atoms. The normalized spacial score (nSPS) is 18.6. The number of H-pyrrole nitrogens is 1. The number of tetrazole rings is 1. The molecule has 15 nitrogen and oxygen atoms in total. The monoisotopic (exact) mass is 491 g/mol. The second-order valence-corrected chi connectivity index (χ2v) is 10.3. The Morgan fingerprint density at radius 3 is 2.66 bits per heavy atom. The first-order valence-corrected chi connectivity index (χ1v) is 12.5. The fourth-order valence-electron chi connectivity index (χ4n) is 3.33. The Kier molecular flexibility index (Phi) is 7.40. The molecule has 32 heavy (non-hydrogen) atoms. The van der Waals surface area contributed by atoms with Crippen LogP contribution in [-0.2, 0) is 20.0 Å². The number of nitrogens with zero attached hydrogens (tertiary/aromatic N) is 4. The van der Waals surface area contributed by atoms with Crippen molar-refractivity contribution in [2.75, 3.05) is 44.2 Å². The second-order valence-electron chi connectivity index (χ2n) is 7.09. The van der Waals surface area contributed by atoms with Gasteiger partial charge in [0, 0.05) is 44.5 Å². The molecule has 17 heteroatoms. The summed E-state index contributed by atoms with van der Waals surface area (Å²) in [4.78, 5) is 0.409. The molecule has 9 N–H and O–H groups in total. The molecule has 0 saturated carbocycles. The number of sulfonamides is 2. The van der Waals surface area contributed by atoms with Crippen molar-refractivity contribution in [3.8, 4) is 11.4 Å². The predicted molar refractivity (Wildman–Crippen MR) is 112 cm³/mol. The minimum Gasteiger partial charge on any atom is -0.395 e. The average Bonchev–Trinajstić information content (AvgIpc) is 3.30. The van der Waals surface area contributed by atoms with E-state index in [0.29, 0.717) is 25.3 Å². The molecule has 2 aromatic rings. The van der Waals surface area contributed by atoms with E-state index in [1.54, 1.807) is 4.90 Å². The molecule has 0 aliphatic carbocycles. The van der Waals surface area contributed by atoms with E-state index < -0.39 is 42.5 Å². The van der Waals surface area contributed by atoms with Crippen molar-refractivity contribution in [3.05, 3.63) is 12.1 Å². The van der Waals surface area contributed by atoms with Gasteiger partial charge in [0.25, 0.3) is 0 Å². The van der Waals surface area contributed by atoms with E-state index in [1.807, 2.05) is 0 Å². The molecule has 2 unspecified atom stereocenters. The Bertz CT molecular complexity index is 1140. The summed E-state index contributed by atoms with van der Waals surface area (Å²) in [6.45, 7) is 0.428. The number of aromatic amines is 1. The molecule has 0 amide bonds. The first-order valence-electron chi connectivity index (χ1n) is 9.49. The summed E-state index contributed by atoms with van der Waals surface area (Å²) in [5.41, 5.74) is 5.45. The SMILES string of the molecule is NCC(O)CNS(=O)(=O)c1ccc(N2CCNC(CO)C2)c(-c2nn[nH]n2)c1S(N)(=O)=O. The van der Waals surface area contributed by atoms with Crippen molar-refractivity contribution in [3.63, 3.8) is 0 Å². The number of hydrogen-bond donors (Lipinski definition) is 7. The van der Waals surface area contributed by atoms with Crippen LogP contribution in [0, 0.1) is 0 Å². The number of benzene rings is 1. The molecule has 3 rings (SSSR count). The lowest BCUT2D eigenvalue weighted by Gasteiger charge is -2.35. The van der Waals surface area contributed by atoms with Gasteiger partial charge >= 0.3 is 0 Å². The van der Waals surface area contributed by atoms with Crippen LogP contribution in [0.5, 0.6) is 0 Å². The molecule has 0 bridgehead atoms. The maximum atomic E-state index is 12.9. The molecule has 1 aliphatic heterocycles. The number of primary sulfonamides is 1. The van der Waals surface area contributed by atoms with Gasteiger partial charge in [-0.3, -0.25) is 0 Å². The summed E-state index contributed by atoms with van der Waals surface area (Å²) < 4.78 is 53.2. The Hall–Kier alpha value is -2.25. The number of nitrogens with two attached hydrogens (primary N) is 2. The highest BCUT2D eigenvalue weighted by molar-refractivity contribution is 7.92. The van der Waals surface area contributed by atoms with E-state index in [-0.39, 0.29) is 30.6 Å². The number of anilines is 1. The standard InChI is InChI=1S/C15H25N9O6S2/c16-5-10(26)6-19-32(29,30)12-2-1-11(24-4-3-18-9(7-24)8-25)13(14(12)31(17,27)28)15-20-22-23-21-15/h1-2,9-10,18-19,25-26H,3-8,16H2,(H2,17,27,28)(H,20,21,22,23). The third kappa shape index (κ3) is 5.21. The topological polar surface area (TPSA) is 243 Å². The minimum absolute atomic E-state index is 0.151. The Morgan fingerprint density at radius 1 is 1.31 bits per heavy atom. The minimum atomic E-state index is -4.62. The maximum absolute atomic E-state index is 12.9. The first kappa shape index (κ1) is 24.4. The van der Waals surface area contributed by atoms with Gasteiger partial charge < -0.3 is 26.2 Å². The van der Waals surface area contributed by atoms with Crippen molar-refractivity contribution >= 4 is 25.7 Å². The van der Waals surface area contributed by atoms with Gasteiger partial charge in [-0.2, -0.15) is 5.21 Å². The molecule has 1 aromatic heterocycles. The van der Waals surface area contributed by atoms with Crippen molar-refractivity contribution < 1.29 is 27.0 Å². The van der Waals surface area contributed by atoms with Crippen LogP contribution >= 0.6 is 0 Å². The fraction of sp³-hybridized carbons (Fsp3) is 0.533. The number of aliphatic hydroxyl groups excluding tert-OH is 2. The lowest BCUT2D eigenvalue weighted by atomic mass is 10.1. The molecular formula is C15H25N9O6S2. The molecule has 1 aliphatic rings. The van der Waals surface area contributed by atoms with Gasteiger partial charge in [-0.05, 0) is 17.3 Å². The van der Waals surface area contributed by atoms with Crippen LogP contribution in [0.4, 0.5) is 5.69 Å². The number of aliphatic hydroxyl groups is 2. The summed E-state index contributed by atoms with van der Waals surface area (Å²) in [5, 5.41) is 41.0. The fourth-order valence-corrected chi connectivity index (χ4v) is 6.00. The average molecular weight is 492 g/mol. The summed E-state index contributed by atoms with van der Waals surface area (Å²) in [7, 11) is -9.05. The van der Waals surface area contributed by atoms with Crippen LogP contribution in [0.15, 0.2) is 21.9 Å². The smallest absolute Gasteiger partial charge is 0.242 e.